The third-order valence-corrected chi connectivity index (χ3v) is 5.65. The quantitative estimate of drug-likeness (QED) is 0.440. The number of carbonyl (C=O) groups is 1. The highest BCUT2D eigenvalue weighted by molar-refractivity contribution is 6.03. The highest BCUT2D eigenvalue weighted by Gasteiger charge is 2.22. The summed E-state index contributed by atoms with van der Waals surface area (Å²) in [7, 11) is 0. The lowest BCUT2D eigenvalue weighted by molar-refractivity contribution is 0.102. The molecule has 0 saturated heterocycles. The van der Waals surface area contributed by atoms with Crippen molar-refractivity contribution >= 4 is 28.6 Å². The second-order valence-electron chi connectivity index (χ2n) is 8.29. The number of hydrogen-bond donors (Lipinski definition) is 2. The first-order chi connectivity index (χ1) is 15.6. The zero-order valence-corrected chi connectivity index (χ0v) is 18.2. The zero-order valence-electron chi connectivity index (χ0n) is 18.2. The molecule has 1 saturated carbocycles. The van der Waals surface area contributed by atoms with Crippen LogP contribution in [-0.2, 0) is 13.1 Å². The first-order valence-corrected chi connectivity index (χ1v) is 11.0. The molecule has 1 amide bonds. The van der Waals surface area contributed by atoms with Crippen LogP contribution in [0.1, 0.15) is 48.7 Å². The SMILES string of the molecule is CCn1cc2ncc(N[C@@H](C)c3cccc(NC(=O)c4cnn(CC5CC5)c4)c3)nc2n1. The van der Waals surface area contributed by atoms with E-state index < -0.39 is 0 Å². The van der Waals surface area contributed by atoms with E-state index >= 15 is 0 Å². The van der Waals surface area contributed by atoms with Gasteiger partial charge in [-0.1, -0.05) is 12.1 Å². The molecular weight excluding hydrogens is 404 g/mol. The number of rotatable bonds is 8. The molecule has 3 heterocycles. The molecule has 164 valence electrons. The van der Waals surface area contributed by atoms with Crippen LogP contribution in [0.2, 0.25) is 0 Å². The van der Waals surface area contributed by atoms with Crippen molar-refractivity contribution in [2.45, 2.75) is 45.8 Å². The van der Waals surface area contributed by atoms with Crippen molar-refractivity contribution in [3.8, 4) is 0 Å². The third-order valence-electron chi connectivity index (χ3n) is 5.65. The number of nitrogens with one attached hydrogen (secondary N) is 2. The summed E-state index contributed by atoms with van der Waals surface area (Å²) in [6.45, 7) is 5.73. The van der Waals surface area contributed by atoms with E-state index in [1.165, 1.54) is 12.8 Å². The Morgan fingerprint density at radius 3 is 2.91 bits per heavy atom. The average Bonchev–Trinajstić information content (AvgIpc) is 3.31. The molecule has 3 aromatic heterocycles. The molecule has 1 fully saturated rings. The minimum absolute atomic E-state index is 0.0341. The van der Waals surface area contributed by atoms with E-state index in [2.05, 4.69) is 30.8 Å². The van der Waals surface area contributed by atoms with Crippen molar-refractivity contribution in [2.24, 2.45) is 5.92 Å². The maximum Gasteiger partial charge on any atom is 0.258 e. The Bertz CT molecular complexity index is 1260. The van der Waals surface area contributed by atoms with Crippen molar-refractivity contribution in [3.63, 3.8) is 0 Å². The van der Waals surface area contributed by atoms with Gasteiger partial charge in [0.05, 0.1) is 30.2 Å². The van der Waals surface area contributed by atoms with Crippen LogP contribution in [0.5, 0.6) is 0 Å². The van der Waals surface area contributed by atoms with E-state index in [-0.39, 0.29) is 11.9 Å². The molecule has 1 aliphatic carbocycles. The molecule has 0 radical (unpaired) electrons. The molecular formula is C23H26N8O. The van der Waals surface area contributed by atoms with Crippen LogP contribution < -0.4 is 10.6 Å². The van der Waals surface area contributed by atoms with Gasteiger partial charge in [-0.25, -0.2) is 9.97 Å². The standard InChI is InChI=1S/C23H26N8O/c1-3-30-14-20-22(29-30)28-21(11-24-20)26-15(2)17-5-4-6-19(9-17)27-23(32)18-10-25-31(13-18)12-16-7-8-16/h4-6,9-11,13-16H,3,7-8,12H2,1-2H3,(H,27,32)(H,26,28,29)/t15-/m0/s1. The molecule has 1 aromatic carbocycles. The maximum atomic E-state index is 12.6. The van der Waals surface area contributed by atoms with Crippen molar-refractivity contribution in [3.05, 3.63) is 60.2 Å². The van der Waals surface area contributed by atoms with Gasteiger partial charge >= 0.3 is 0 Å². The molecule has 0 aliphatic heterocycles. The van der Waals surface area contributed by atoms with Gasteiger partial charge in [0, 0.05) is 25.0 Å². The molecule has 4 aromatic rings. The summed E-state index contributed by atoms with van der Waals surface area (Å²) in [5, 5.41) is 15.1. The van der Waals surface area contributed by atoms with Crippen LogP contribution in [0.3, 0.4) is 0 Å². The van der Waals surface area contributed by atoms with Gasteiger partial charge < -0.3 is 10.6 Å². The highest BCUT2D eigenvalue weighted by atomic mass is 16.1. The monoisotopic (exact) mass is 430 g/mol. The maximum absolute atomic E-state index is 12.6. The van der Waals surface area contributed by atoms with E-state index in [1.807, 2.05) is 59.9 Å². The first kappa shape index (κ1) is 20.2. The summed E-state index contributed by atoms with van der Waals surface area (Å²) in [5.74, 6) is 1.21. The molecule has 32 heavy (non-hydrogen) atoms. The number of carbonyl (C=O) groups excluding carboxylic acids is 1. The van der Waals surface area contributed by atoms with Gasteiger partial charge in [-0.05, 0) is 50.3 Å². The number of amides is 1. The number of fused-ring (bicyclic) bond motifs is 1. The fraction of sp³-hybridized carbons (Fsp3) is 0.348. The summed E-state index contributed by atoms with van der Waals surface area (Å²) < 4.78 is 3.68. The lowest BCUT2D eigenvalue weighted by Gasteiger charge is -2.16. The number of hydrogen-bond acceptors (Lipinski definition) is 6. The van der Waals surface area contributed by atoms with Crippen LogP contribution in [0, 0.1) is 5.92 Å². The minimum Gasteiger partial charge on any atom is -0.362 e. The molecule has 1 atom stereocenters. The minimum atomic E-state index is -0.160. The Morgan fingerprint density at radius 1 is 1.22 bits per heavy atom. The zero-order chi connectivity index (χ0) is 22.1. The average molecular weight is 431 g/mol. The fourth-order valence-corrected chi connectivity index (χ4v) is 3.62. The van der Waals surface area contributed by atoms with Crippen molar-refractivity contribution in [1.82, 2.24) is 29.5 Å². The van der Waals surface area contributed by atoms with E-state index in [4.69, 9.17) is 0 Å². The fourth-order valence-electron chi connectivity index (χ4n) is 3.62. The number of aromatic nitrogens is 6. The molecule has 2 N–H and O–H groups in total. The second-order valence-corrected chi connectivity index (χ2v) is 8.29. The van der Waals surface area contributed by atoms with Crippen LogP contribution in [0.4, 0.5) is 11.5 Å². The predicted molar refractivity (Wildman–Crippen MR) is 122 cm³/mol. The molecule has 9 nitrogen and oxygen atoms in total. The van der Waals surface area contributed by atoms with Crippen molar-refractivity contribution in [2.75, 3.05) is 10.6 Å². The van der Waals surface area contributed by atoms with Crippen LogP contribution >= 0.6 is 0 Å². The molecule has 0 spiro atoms. The molecule has 5 rings (SSSR count). The Labute approximate surface area is 185 Å². The lowest BCUT2D eigenvalue weighted by Crippen LogP contribution is -2.13. The van der Waals surface area contributed by atoms with E-state index in [0.717, 1.165) is 29.9 Å². The summed E-state index contributed by atoms with van der Waals surface area (Å²) in [5.41, 5.74) is 3.72. The Hall–Kier alpha value is -3.75. The topological polar surface area (TPSA) is 103 Å². The predicted octanol–water partition coefficient (Wildman–Crippen LogP) is 3.88. The summed E-state index contributed by atoms with van der Waals surface area (Å²) >= 11 is 0. The number of benzene rings is 1. The smallest absolute Gasteiger partial charge is 0.258 e. The van der Waals surface area contributed by atoms with Crippen molar-refractivity contribution in [1.29, 1.82) is 0 Å². The first-order valence-electron chi connectivity index (χ1n) is 11.0. The summed E-state index contributed by atoms with van der Waals surface area (Å²) in [6.07, 6.45) is 9.54. The van der Waals surface area contributed by atoms with Gasteiger partial charge in [0.1, 0.15) is 11.3 Å². The van der Waals surface area contributed by atoms with Gasteiger partial charge in [-0.15, -0.1) is 0 Å². The molecule has 0 bridgehead atoms. The highest BCUT2D eigenvalue weighted by Crippen LogP contribution is 2.30. The molecule has 0 unspecified atom stereocenters. The van der Waals surface area contributed by atoms with Gasteiger partial charge in [0.2, 0.25) is 5.65 Å². The van der Waals surface area contributed by atoms with Gasteiger partial charge in [-0.3, -0.25) is 14.2 Å². The number of anilines is 2. The number of aryl methyl sites for hydroxylation is 1. The van der Waals surface area contributed by atoms with Gasteiger partial charge in [-0.2, -0.15) is 10.2 Å². The Kier molecular flexibility index (Phi) is 5.30. The summed E-state index contributed by atoms with van der Waals surface area (Å²) in [6, 6.07) is 7.75. The van der Waals surface area contributed by atoms with Crippen LogP contribution in [-0.4, -0.2) is 35.4 Å². The lowest BCUT2D eigenvalue weighted by atomic mass is 10.1. The van der Waals surface area contributed by atoms with E-state index in [1.54, 1.807) is 12.4 Å². The molecule has 1 aliphatic rings. The second kappa shape index (κ2) is 8.41. The van der Waals surface area contributed by atoms with E-state index in [0.29, 0.717) is 22.9 Å². The van der Waals surface area contributed by atoms with Gasteiger partial charge in [0.15, 0.2) is 0 Å². The third kappa shape index (κ3) is 4.46. The van der Waals surface area contributed by atoms with Crippen LogP contribution in [0.15, 0.2) is 49.1 Å². The van der Waals surface area contributed by atoms with Crippen LogP contribution in [0.25, 0.3) is 11.2 Å². The Morgan fingerprint density at radius 2 is 2.09 bits per heavy atom. The summed E-state index contributed by atoms with van der Waals surface area (Å²) in [4.78, 5) is 21.6. The Balaban J connectivity index is 1.25. The van der Waals surface area contributed by atoms with E-state index in [9.17, 15) is 4.79 Å². The van der Waals surface area contributed by atoms with Gasteiger partial charge in [0.25, 0.3) is 5.91 Å². The molecule has 9 heteroatoms. The number of nitrogens with zero attached hydrogens (tertiary/aromatic N) is 6. The normalized spacial score (nSPS) is 14.4. The largest absolute Gasteiger partial charge is 0.362 e. The van der Waals surface area contributed by atoms with Crippen molar-refractivity contribution < 1.29 is 4.79 Å².